The van der Waals surface area contributed by atoms with Crippen molar-refractivity contribution in [2.24, 2.45) is 5.92 Å². The van der Waals surface area contributed by atoms with Crippen molar-refractivity contribution in [3.63, 3.8) is 0 Å². The Kier molecular flexibility index (Phi) is 3.26. The lowest BCUT2D eigenvalue weighted by atomic mass is 9.89. The standard InChI is InChI=1S/C13H15Cl/c14-13-8-6-12(7-9-13)10-11-4-2-1-3-5-11/h1-2,6-9,11H,3-5,10H2/t11-/m1/s1. The Morgan fingerprint density at radius 2 is 1.93 bits per heavy atom. The van der Waals surface area contributed by atoms with E-state index in [0.29, 0.717) is 0 Å². The molecule has 1 atom stereocenters. The lowest BCUT2D eigenvalue weighted by Crippen LogP contribution is -2.05. The summed E-state index contributed by atoms with van der Waals surface area (Å²) in [6.45, 7) is 0. The molecule has 74 valence electrons. The van der Waals surface area contributed by atoms with Crippen molar-refractivity contribution in [3.05, 3.63) is 47.0 Å². The first-order valence-electron chi connectivity index (χ1n) is 5.24. The molecule has 1 aromatic carbocycles. The summed E-state index contributed by atoms with van der Waals surface area (Å²) in [5, 5.41) is 0.831. The van der Waals surface area contributed by atoms with Crippen LogP contribution in [0.15, 0.2) is 36.4 Å². The number of benzene rings is 1. The van der Waals surface area contributed by atoms with Gasteiger partial charge in [0.05, 0.1) is 0 Å². The molecule has 0 aliphatic heterocycles. The van der Waals surface area contributed by atoms with E-state index in [1.54, 1.807) is 0 Å². The predicted molar refractivity (Wildman–Crippen MR) is 61.6 cm³/mol. The smallest absolute Gasteiger partial charge is 0.0406 e. The number of hydrogen-bond donors (Lipinski definition) is 0. The van der Waals surface area contributed by atoms with Gasteiger partial charge in [-0.1, -0.05) is 35.9 Å². The lowest BCUT2D eigenvalue weighted by molar-refractivity contribution is 0.477. The van der Waals surface area contributed by atoms with Gasteiger partial charge in [-0.25, -0.2) is 0 Å². The van der Waals surface area contributed by atoms with Crippen LogP contribution in [0.2, 0.25) is 5.02 Å². The van der Waals surface area contributed by atoms with E-state index in [1.165, 1.54) is 31.2 Å². The average molecular weight is 207 g/mol. The minimum Gasteiger partial charge on any atom is -0.0885 e. The van der Waals surface area contributed by atoms with E-state index in [9.17, 15) is 0 Å². The Balaban J connectivity index is 1.96. The first-order valence-corrected chi connectivity index (χ1v) is 5.62. The van der Waals surface area contributed by atoms with Gasteiger partial charge in [-0.2, -0.15) is 0 Å². The highest BCUT2D eigenvalue weighted by Gasteiger charge is 2.10. The van der Waals surface area contributed by atoms with Gasteiger partial charge < -0.3 is 0 Å². The SMILES string of the molecule is Clc1ccc(C[C@@H]2CC=CCC2)cc1. The van der Waals surface area contributed by atoms with Crippen LogP contribution in [0.3, 0.4) is 0 Å². The second kappa shape index (κ2) is 4.65. The van der Waals surface area contributed by atoms with Crippen molar-refractivity contribution in [2.75, 3.05) is 0 Å². The molecule has 0 radical (unpaired) electrons. The zero-order valence-corrected chi connectivity index (χ0v) is 9.00. The van der Waals surface area contributed by atoms with Crippen LogP contribution in [0.25, 0.3) is 0 Å². The van der Waals surface area contributed by atoms with Crippen molar-refractivity contribution in [1.29, 1.82) is 0 Å². The molecule has 0 saturated heterocycles. The zero-order valence-electron chi connectivity index (χ0n) is 8.25. The molecule has 2 rings (SSSR count). The van der Waals surface area contributed by atoms with Crippen molar-refractivity contribution in [3.8, 4) is 0 Å². The fourth-order valence-corrected chi connectivity index (χ4v) is 2.12. The maximum atomic E-state index is 5.84. The van der Waals surface area contributed by atoms with E-state index >= 15 is 0 Å². The summed E-state index contributed by atoms with van der Waals surface area (Å²) in [6.07, 6.45) is 9.62. The van der Waals surface area contributed by atoms with Crippen LogP contribution in [0, 0.1) is 5.92 Å². The molecule has 1 aliphatic carbocycles. The normalized spacial score (nSPS) is 21.1. The quantitative estimate of drug-likeness (QED) is 0.635. The number of rotatable bonds is 2. The van der Waals surface area contributed by atoms with E-state index in [2.05, 4.69) is 24.3 Å². The Morgan fingerprint density at radius 3 is 2.57 bits per heavy atom. The largest absolute Gasteiger partial charge is 0.0885 e. The summed E-state index contributed by atoms with van der Waals surface area (Å²) in [5.74, 6) is 0.834. The number of allylic oxidation sites excluding steroid dienone is 2. The van der Waals surface area contributed by atoms with Crippen LogP contribution in [0.5, 0.6) is 0 Å². The van der Waals surface area contributed by atoms with Crippen LogP contribution < -0.4 is 0 Å². The Bertz CT molecular complexity index is 311. The summed E-state index contributed by atoms with van der Waals surface area (Å²) in [5.41, 5.74) is 1.41. The fourth-order valence-electron chi connectivity index (χ4n) is 2.00. The third-order valence-electron chi connectivity index (χ3n) is 2.82. The zero-order chi connectivity index (χ0) is 9.80. The molecule has 1 aliphatic rings. The molecule has 0 aromatic heterocycles. The van der Waals surface area contributed by atoms with Gasteiger partial charge in [0.1, 0.15) is 0 Å². The summed E-state index contributed by atoms with van der Waals surface area (Å²) in [7, 11) is 0. The van der Waals surface area contributed by atoms with Gasteiger partial charge in [-0.05, 0) is 49.3 Å². The summed E-state index contributed by atoms with van der Waals surface area (Å²) >= 11 is 5.84. The molecule has 0 nitrogen and oxygen atoms in total. The molecule has 14 heavy (non-hydrogen) atoms. The molecular formula is C13H15Cl. The Labute approximate surface area is 90.6 Å². The Morgan fingerprint density at radius 1 is 1.14 bits per heavy atom. The van der Waals surface area contributed by atoms with Gasteiger partial charge in [0.25, 0.3) is 0 Å². The molecule has 0 bridgehead atoms. The van der Waals surface area contributed by atoms with Crippen LogP contribution in [-0.2, 0) is 6.42 Å². The van der Waals surface area contributed by atoms with Crippen LogP contribution in [0.4, 0.5) is 0 Å². The van der Waals surface area contributed by atoms with Gasteiger partial charge in [0.2, 0.25) is 0 Å². The van der Waals surface area contributed by atoms with Gasteiger partial charge in [0, 0.05) is 5.02 Å². The topological polar surface area (TPSA) is 0 Å². The summed E-state index contributed by atoms with van der Waals surface area (Å²) < 4.78 is 0. The van der Waals surface area contributed by atoms with E-state index < -0.39 is 0 Å². The van der Waals surface area contributed by atoms with Gasteiger partial charge >= 0.3 is 0 Å². The first-order chi connectivity index (χ1) is 6.84. The molecule has 0 fully saturated rings. The molecule has 0 saturated carbocycles. The third-order valence-corrected chi connectivity index (χ3v) is 3.07. The lowest BCUT2D eigenvalue weighted by Gasteiger charge is -2.17. The van der Waals surface area contributed by atoms with Crippen LogP contribution in [-0.4, -0.2) is 0 Å². The average Bonchev–Trinajstić information content (AvgIpc) is 2.23. The second-order valence-electron chi connectivity index (χ2n) is 3.98. The summed E-state index contributed by atoms with van der Waals surface area (Å²) in [6, 6.07) is 8.24. The molecular weight excluding hydrogens is 192 g/mol. The molecule has 1 heteroatoms. The van der Waals surface area contributed by atoms with E-state index in [1.807, 2.05) is 12.1 Å². The van der Waals surface area contributed by atoms with Gasteiger partial charge in [0.15, 0.2) is 0 Å². The monoisotopic (exact) mass is 206 g/mol. The van der Waals surface area contributed by atoms with Crippen LogP contribution in [0.1, 0.15) is 24.8 Å². The molecule has 0 unspecified atom stereocenters. The molecule has 0 spiro atoms. The van der Waals surface area contributed by atoms with Crippen molar-refractivity contribution >= 4 is 11.6 Å². The molecule has 0 N–H and O–H groups in total. The highest BCUT2D eigenvalue weighted by Crippen LogP contribution is 2.23. The van der Waals surface area contributed by atoms with Gasteiger partial charge in [-0.3, -0.25) is 0 Å². The summed E-state index contributed by atoms with van der Waals surface area (Å²) in [4.78, 5) is 0. The Hall–Kier alpha value is -0.750. The van der Waals surface area contributed by atoms with E-state index in [-0.39, 0.29) is 0 Å². The predicted octanol–water partition coefficient (Wildman–Crippen LogP) is 4.24. The first kappa shape index (κ1) is 9.79. The fraction of sp³-hybridized carbons (Fsp3) is 0.385. The minimum absolute atomic E-state index is 0.831. The minimum atomic E-state index is 0.831. The van der Waals surface area contributed by atoms with E-state index in [4.69, 9.17) is 11.6 Å². The number of halogens is 1. The second-order valence-corrected chi connectivity index (χ2v) is 4.42. The molecule has 0 heterocycles. The molecule has 0 amide bonds. The maximum absolute atomic E-state index is 5.84. The number of hydrogen-bond acceptors (Lipinski definition) is 0. The third kappa shape index (κ3) is 2.62. The maximum Gasteiger partial charge on any atom is 0.0406 e. The van der Waals surface area contributed by atoms with Crippen LogP contribution >= 0.6 is 11.6 Å². The van der Waals surface area contributed by atoms with Crippen molar-refractivity contribution in [1.82, 2.24) is 0 Å². The van der Waals surface area contributed by atoms with Gasteiger partial charge in [-0.15, -0.1) is 0 Å². The van der Waals surface area contributed by atoms with E-state index in [0.717, 1.165) is 10.9 Å². The highest BCUT2D eigenvalue weighted by atomic mass is 35.5. The highest BCUT2D eigenvalue weighted by molar-refractivity contribution is 6.30. The van der Waals surface area contributed by atoms with Crippen molar-refractivity contribution < 1.29 is 0 Å². The molecule has 1 aromatic rings. The van der Waals surface area contributed by atoms with Crippen molar-refractivity contribution in [2.45, 2.75) is 25.7 Å².